The van der Waals surface area contributed by atoms with Crippen LogP contribution in [0.3, 0.4) is 0 Å². The first kappa shape index (κ1) is 13.8. The van der Waals surface area contributed by atoms with Crippen molar-refractivity contribution in [2.45, 2.75) is 31.8 Å². The molecule has 0 aliphatic heterocycles. The minimum atomic E-state index is -0.183. The molecule has 2 aromatic rings. The molecule has 1 nitrogen and oxygen atoms in total. The van der Waals surface area contributed by atoms with Gasteiger partial charge in [0.15, 0.2) is 0 Å². The van der Waals surface area contributed by atoms with Gasteiger partial charge in [0, 0.05) is 16.6 Å². The van der Waals surface area contributed by atoms with Gasteiger partial charge in [0.2, 0.25) is 0 Å². The van der Waals surface area contributed by atoms with Crippen molar-refractivity contribution in [3.05, 3.63) is 69.4 Å². The van der Waals surface area contributed by atoms with Crippen LogP contribution in [0.4, 0.5) is 4.39 Å². The monoisotopic (exact) mass is 333 g/mol. The maximum absolute atomic E-state index is 13.0. The molecule has 0 amide bonds. The van der Waals surface area contributed by atoms with Crippen LogP contribution < -0.4 is 5.32 Å². The molecule has 0 saturated carbocycles. The summed E-state index contributed by atoms with van der Waals surface area (Å²) in [5.41, 5.74) is 3.93. The molecule has 0 heterocycles. The van der Waals surface area contributed by atoms with Crippen molar-refractivity contribution in [3.8, 4) is 0 Å². The highest BCUT2D eigenvalue weighted by Gasteiger charge is 2.23. The Bertz CT molecular complexity index is 609. The first-order chi connectivity index (χ1) is 9.63. The molecule has 3 rings (SSSR count). The Balaban J connectivity index is 1.75. The van der Waals surface area contributed by atoms with Crippen LogP contribution in [-0.2, 0) is 6.42 Å². The summed E-state index contributed by atoms with van der Waals surface area (Å²) in [6.45, 7) is 2.13. The number of hydrogen-bond donors (Lipinski definition) is 1. The summed E-state index contributed by atoms with van der Waals surface area (Å²) in [6, 6.07) is 13.9. The zero-order valence-electron chi connectivity index (χ0n) is 11.4. The number of aryl methyl sites for hydroxylation is 1. The topological polar surface area (TPSA) is 12.0 Å². The number of fused-ring (bicyclic) bond motifs is 1. The summed E-state index contributed by atoms with van der Waals surface area (Å²) >= 11 is 3.52. The third-order valence-electron chi connectivity index (χ3n) is 4.00. The largest absolute Gasteiger partial charge is 0.303 e. The fourth-order valence-corrected chi connectivity index (χ4v) is 3.32. The van der Waals surface area contributed by atoms with Crippen LogP contribution in [0, 0.1) is 5.82 Å². The Hall–Kier alpha value is -1.19. The van der Waals surface area contributed by atoms with Crippen molar-refractivity contribution < 1.29 is 4.39 Å². The first-order valence-corrected chi connectivity index (χ1v) is 7.72. The second-order valence-electron chi connectivity index (χ2n) is 5.37. The number of benzene rings is 2. The number of halogens is 2. The summed E-state index contributed by atoms with van der Waals surface area (Å²) < 4.78 is 14.1. The molecule has 1 N–H and O–H groups in total. The van der Waals surface area contributed by atoms with E-state index in [-0.39, 0.29) is 11.9 Å². The fourth-order valence-electron chi connectivity index (χ4n) is 2.91. The van der Waals surface area contributed by atoms with Crippen LogP contribution in [-0.4, -0.2) is 0 Å². The molecule has 1 unspecified atom stereocenters. The summed E-state index contributed by atoms with van der Waals surface area (Å²) in [5, 5.41) is 3.65. The highest BCUT2D eigenvalue weighted by Crippen LogP contribution is 2.34. The Morgan fingerprint density at radius 1 is 1.20 bits per heavy atom. The smallest absolute Gasteiger partial charge is 0.123 e. The average Bonchev–Trinajstić information content (AvgIpc) is 2.81. The maximum Gasteiger partial charge on any atom is 0.123 e. The van der Waals surface area contributed by atoms with Gasteiger partial charge in [-0.1, -0.05) is 34.1 Å². The predicted octanol–water partition coefficient (Wildman–Crippen LogP) is 4.93. The zero-order chi connectivity index (χ0) is 14.1. The molecule has 0 saturated heterocycles. The Labute approximate surface area is 127 Å². The molecule has 20 heavy (non-hydrogen) atoms. The van der Waals surface area contributed by atoms with Gasteiger partial charge in [-0.15, -0.1) is 0 Å². The lowest BCUT2D eigenvalue weighted by atomic mass is 10.0. The van der Waals surface area contributed by atoms with E-state index in [1.54, 1.807) is 0 Å². The van der Waals surface area contributed by atoms with Crippen molar-refractivity contribution in [1.82, 2.24) is 5.32 Å². The van der Waals surface area contributed by atoms with Crippen molar-refractivity contribution in [2.24, 2.45) is 0 Å². The number of hydrogen-bond acceptors (Lipinski definition) is 1. The van der Waals surface area contributed by atoms with Gasteiger partial charge >= 0.3 is 0 Å². The highest BCUT2D eigenvalue weighted by molar-refractivity contribution is 9.10. The van der Waals surface area contributed by atoms with E-state index >= 15 is 0 Å². The van der Waals surface area contributed by atoms with Crippen molar-refractivity contribution in [1.29, 1.82) is 0 Å². The van der Waals surface area contributed by atoms with E-state index in [0.717, 1.165) is 22.9 Å². The van der Waals surface area contributed by atoms with Crippen LogP contribution in [0.1, 0.15) is 42.1 Å². The highest BCUT2D eigenvalue weighted by atomic mass is 79.9. The standard InChI is InChI=1S/C17H17BrFN/c1-11(12-2-6-15(19)7-3-12)20-17-9-4-13-10-14(18)5-8-16(13)17/h2-3,5-8,10-11,17,20H,4,9H2,1H3/t11-,17?/m0/s1. The van der Waals surface area contributed by atoms with E-state index in [4.69, 9.17) is 0 Å². The fraction of sp³-hybridized carbons (Fsp3) is 0.294. The molecule has 0 aromatic heterocycles. The van der Waals surface area contributed by atoms with Gasteiger partial charge in [-0.05, 0) is 60.7 Å². The third-order valence-corrected chi connectivity index (χ3v) is 4.50. The van der Waals surface area contributed by atoms with Crippen LogP contribution in [0.25, 0.3) is 0 Å². The first-order valence-electron chi connectivity index (χ1n) is 6.93. The van der Waals surface area contributed by atoms with Crippen LogP contribution in [0.2, 0.25) is 0 Å². The normalized spacial score (nSPS) is 18.9. The molecular weight excluding hydrogens is 317 g/mol. The van der Waals surface area contributed by atoms with Crippen LogP contribution in [0.15, 0.2) is 46.9 Å². The quantitative estimate of drug-likeness (QED) is 0.839. The van der Waals surface area contributed by atoms with E-state index in [1.807, 2.05) is 12.1 Å². The summed E-state index contributed by atoms with van der Waals surface area (Å²) in [7, 11) is 0. The number of rotatable bonds is 3. The van der Waals surface area contributed by atoms with E-state index in [0.29, 0.717) is 6.04 Å². The Morgan fingerprint density at radius 3 is 2.70 bits per heavy atom. The second kappa shape index (κ2) is 5.66. The molecule has 1 aliphatic rings. The van der Waals surface area contributed by atoms with Gasteiger partial charge in [0.25, 0.3) is 0 Å². The summed E-state index contributed by atoms with van der Waals surface area (Å²) in [4.78, 5) is 0. The minimum Gasteiger partial charge on any atom is -0.303 e. The van der Waals surface area contributed by atoms with Gasteiger partial charge in [-0.25, -0.2) is 4.39 Å². The lowest BCUT2D eigenvalue weighted by Crippen LogP contribution is -2.23. The summed E-state index contributed by atoms with van der Waals surface area (Å²) in [5.74, 6) is -0.183. The van der Waals surface area contributed by atoms with Gasteiger partial charge < -0.3 is 5.32 Å². The zero-order valence-corrected chi connectivity index (χ0v) is 13.0. The summed E-state index contributed by atoms with van der Waals surface area (Å²) in [6.07, 6.45) is 2.24. The minimum absolute atomic E-state index is 0.183. The molecule has 0 spiro atoms. The van der Waals surface area contributed by atoms with E-state index in [2.05, 4.69) is 46.4 Å². The maximum atomic E-state index is 13.0. The van der Waals surface area contributed by atoms with Crippen molar-refractivity contribution >= 4 is 15.9 Å². The number of nitrogens with one attached hydrogen (secondary N) is 1. The van der Waals surface area contributed by atoms with Gasteiger partial charge in [0.1, 0.15) is 5.82 Å². The Kier molecular flexibility index (Phi) is 3.90. The molecule has 104 valence electrons. The van der Waals surface area contributed by atoms with E-state index < -0.39 is 0 Å². The van der Waals surface area contributed by atoms with Crippen LogP contribution >= 0.6 is 15.9 Å². The molecule has 1 aliphatic carbocycles. The molecule has 0 fully saturated rings. The molecular formula is C17H17BrFN. The molecule has 2 aromatic carbocycles. The van der Waals surface area contributed by atoms with E-state index in [9.17, 15) is 4.39 Å². The Morgan fingerprint density at radius 2 is 1.95 bits per heavy atom. The van der Waals surface area contributed by atoms with E-state index in [1.165, 1.54) is 23.3 Å². The van der Waals surface area contributed by atoms with Crippen LogP contribution in [0.5, 0.6) is 0 Å². The molecule has 2 atom stereocenters. The van der Waals surface area contributed by atoms with Gasteiger partial charge in [-0.3, -0.25) is 0 Å². The molecule has 0 radical (unpaired) electrons. The van der Waals surface area contributed by atoms with Gasteiger partial charge in [-0.2, -0.15) is 0 Å². The third kappa shape index (κ3) is 2.79. The average molecular weight is 334 g/mol. The second-order valence-corrected chi connectivity index (χ2v) is 6.29. The van der Waals surface area contributed by atoms with Gasteiger partial charge in [0.05, 0.1) is 0 Å². The van der Waals surface area contributed by atoms with Crippen molar-refractivity contribution in [3.63, 3.8) is 0 Å². The molecule has 3 heteroatoms. The SMILES string of the molecule is C[C@H](NC1CCc2cc(Br)ccc21)c1ccc(F)cc1. The lowest BCUT2D eigenvalue weighted by molar-refractivity contribution is 0.464. The predicted molar refractivity (Wildman–Crippen MR) is 83.2 cm³/mol. The van der Waals surface area contributed by atoms with Crippen molar-refractivity contribution in [2.75, 3.05) is 0 Å². The molecule has 0 bridgehead atoms. The lowest BCUT2D eigenvalue weighted by Gasteiger charge is -2.21.